The highest BCUT2D eigenvalue weighted by Crippen LogP contribution is 2.28. The molecule has 1 aliphatic rings. The maximum absolute atomic E-state index is 12.3. The van der Waals surface area contributed by atoms with Crippen LogP contribution in [0.4, 0.5) is 0 Å². The zero-order chi connectivity index (χ0) is 22.1. The van der Waals surface area contributed by atoms with Gasteiger partial charge in [0, 0.05) is 6.54 Å². The Morgan fingerprint density at radius 3 is 2.77 bits per heavy atom. The van der Waals surface area contributed by atoms with Crippen LogP contribution in [0.25, 0.3) is 0 Å². The van der Waals surface area contributed by atoms with Crippen LogP contribution in [0.5, 0.6) is 11.5 Å². The van der Waals surface area contributed by atoms with Crippen LogP contribution >= 0.6 is 11.6 Å². The molecular formula is C24H31ClN2O4. The van der Waals surface area contributed by atoms with Crippen molar-refractivity contribution < 1.29 is 19.4 Å². The second kappa shape index (κ2) is 11.4. The molecule has 0 saturated carbocycles. The van der Waals surface area contributed by atoms with E-state index in [1.54, 1.807) is 6.07 Å². The van der Waals surface area contributed by atoms with E-state index in [0.717, 1.165) is 24.3 Å². The van der Waals surface area contributed by atoms with E-state index in [9.17, 15) is 9.90 Å². The molecule has 168 valence electrons. The molecule has 0 aliphatic carbocycles. The fourth-order valence-electron chi connectivity index (χ4n) is 3.61. The van der Waals surface area contributed by atoms with Crippen LogP contribution in [0, 0.1) is 6.92 Å². The number of ether oxygens (including phenoxy) is 2. The van der Waals surface area contributed by atoms with Crippen molar-refractivity contribution in [3.63, 3.8) is 0 Å². The summed E-state index contributed by atoms with van der Waals surface area (Å²) in [6.45, 7) is 4.75. The van der Waals surface area contributed by atoms with Gasteiger partial charge in [-0.3, -0.25) is 9.69 Å². The first-order valence-corrected chi connectivity index (χ1v) is 11.1. The number of carbonyl (C=O) groups is 1. The van der Waals surface area contributed by atoms with Crippen LogP contribution < -0.4 is 14.8 Å². The summed E-state index contributed by atoms with van der Waals surface area (Å²) < 4.78 is 11.4. The lowest BCUT2D eigenvalue weighted by Gasteiger charge is -2.27. The summed E-state index contributed by atoms with van der Waals surface area (Å²) in [5, 5.41) is 14.4. The van der Waals surface area contributed by atoms with Crippen LogP contribution in [0.15, 0.2) is 48.5 Å². The second-order valence-corrected chi connectivity index (χ2v) is 8.50. The number of hydrogen-bond acceptors (Lipinski definition) is 5. The number of hydrogen-bond donors (Lipinski definition) is 2. The van der Waals surface area contributed by atoms with Crippen molar-refractivity contribution in [1.29, 1.82) is 0 Å². The van der Waals surface area contributed by atoms with Crippen molar-refractivity contribution in [1.82, 2.24) is 10.2 Å². The predicted molar refractivity (Wildman–Crippen MR) is 122 cm³/mol. The zero-order valence-electron chi connectivity index (χ0n) is 18.0. The Bertz CT molecular complexity index is 849. The van der Waals surface area contributed by atoms with Crippen molar-refractivity contribution in [3.05, 3.63) is 59.1 Å². The molecule has 2 aromatic carbocycles. The number of aryl methyl sites for hydroxylation is 1. The Kier molecular flexibility index (Phi) is 8.58. The predicted octanol–water partition coefficient (Wildman–Crippen LogP) is 3.44. The van der Waals surface area contributed by atoms with Gasteiger partial charge in [-0.2, -0.15) is 0 Å². The summed E-state index contributed by atoms with van der Waals surface area (Å²) in [5.74, 6) is 1.34. The van der Waals surface area contributed by atoms with Gasteiger partial charge in [-0.15, -0.1) is 0 Å². The average molecular weight is 447 g/mol. The van der Waals surface area contributed by atoms with E-state index in [1.807, 2.05) is 49.4 Å². The van der Waals surface area contributed by atoms with E-state index < -0.39 is 5.60 Å². The standard InChI is InChI=1S/C24H31ClN2O4/c1-19-8-9-21(25)22(16-19)31-18-24(29)10-5-13-27(14-11-24)17-23(28)26-12-15-30-20-6-3-2-4-7-20/h2-4,6-9,16,29H,5,10-15,17-18H2,1H3,(H,26,28)/t24-/m1/s1. The van der Waals surface area contributed by atoms with E-state index in [2.05, 4.69) is 10.2 Å². The fourth-order valence-corrected chi connectivity index (χ4v) is 3.78. The number of likely N-dealkylation sites (tertiary alicyclic amines) is 1. The van der Waals surface area contributed by atoms with Gasteiger partial charge in [-0.1, -0.05) is 35.9 Å². The third-order valence-corrected chi connectivity index (χ3v) is 5.71. The molecular weight excluding hydrogens is 416 g/mol. The molecule has 7 heteroatoms. The molecule has 1 fully saturated rings. The molecule has 6 nitrogen and oxygen atoms in total. The minimum atomic E-state index is -0.929. The van der Waals surface area contributed by atoms with Gasteiger partial charge >= 0.3 is 0 Å². The van der Waals surface area contributed by atoms with E-state index in [-0.39, 0.29) is 12.5 Å². The topological polar surface area (TPSA) is 71.0 Å². The summed E-state index contributed by atoms with van der Waals surface area (Å²) in [4.78, 5) is 14.3. The second-order valence-electron chi connectivity index (χ2n) is 8.09. The molecule has 1 aliphatic heterocycles. The van der Waals surface area contributed by atoms with Gasteiger partial charge in [-0.05, 0) is 62.6 Å². The monoisotopic (exact) mass is 446 g/mol. The molecule has 0 radical (unpaired) electrons. The van der Waals surface area contributed by atoms with Crippen LogP contribution in [0.3, 0.4) is 0 Å². The van der Waals surface area contributed by atoms with Gasteiger partial charge in [0.1, 0.15) is 24.7 Å². The number of nitrogens with one attached hydrogen (secondary N) is 1. The lowest BCUT2D eigenvalue weighted by molar-refractivity contribution is -0.122. The van der Waals surface area contributed by atoms with Gasteiger partial charge in [-0.25, -0.2) is 0 Å². The molecule has 1 heterocycles. The molecule has 2 N–H and O–H groups in total. The van der Waals surface area contributed by atoms with Crippen molar-refractivity contribution in [3.8, 4) is 11.5 Å². The molecule has 0 aromatic heterocycles. The quantitative estimate of drug-likeness (QED) is 0.577. The Hall–Kier alpha value is -2.28. The van der Waals surface area contributed by atoms with Gasteiger partial charge in [0.25, 0.3) is 0 Å². The Labute approximate surface area is 189 Å². The maximum atomic E-state index is 12.3. The number of aliphatic hydroxyl groups is 1. The first-order valence-electron chi connectivity index (χ1n) is 10.7. The zero-order valence-corrected chi connectivity index (χ0v) is 18.7. The van der Waals surface area contributed by atoms with Crippen molar-refractivity contribution >= 4 is 17.5 Å². The molecule has 0 unspecified atom stereocenters. The molecule has 0 bridgehead atoms. The summed E-state index contributed by atoms with van der Waals surface area (Å²) in [6, 6.07) is 15.1. The number of halogens is 1. The fraction of sp³-hybridized carbons (Fsp3) is 0.458. The highest BCUT2D eigenvalue weighted by molar-refractivity contribution is 6.32. The van der Waals surface area contributed by atoms with Gasteiger partial charge in [0.05, 0.1) is 23.7 Å². The number of carbonyl (C=O) groups excluding carboxylic acids is 1. The van der Waals surface area contributed by atoms with E-state index >= 15 is 0 Å². The minimum absolute atomic E-state index is 0.0371. The first kappa shape index (κ1) is 23.4. The normalized spacial score (nSPS) is 19.5. The summed E-state index contributed by atoms with van der Waals surface area (Å²) in [7, 11) is 0. The largest absolute Gasteiger partial charge is 0.492 e. The number of nitrogens with zero attached hydrogens (tertiary/aromatic N) is 1. The van der Waals surface area contributed by atoms with E-state index in [0.29, 0.717) is 49.9 Å². The maximum Gasteiger partial charge on any atom is 0.234 e. The SMILES string of the molecule is Cc1ccc(Cl)c(OC[C@@]2(O)CCCN(CC(=O)NCCOc3ccccc3)CC2)c1. The molecule has 2 aromatic rings. The van der Waals surface area contributed by atoms with Crippen molar-refractivity contribution in [2.24, 2.45) is 0 Å². The summed E-state index contributed by atoms with van der Waals surface area (Å²) in [5.41, 5.74) is 0.126. The number of rotatable bonds is 9. The summed E-state index contributed by atoms with van der Waals surface area (Å²) in [6.07, 6.45) is 1.96. The molecule has 1 saturated heterocycles. The van der Waals surface area contributed by atoms with Crippen LogP contribution in [-0.4, -0.2) is 60.9 Å². The minimum Gasteiger partial charge on any atom is -0.492 e. The molecule has 31 heavy (non-hydrogen) atoms. The van der Waals surface area contributed by atoms with Crippen LogP contribution in [0.1, 0.15) is 24.8 Å². The number of amides is 1. The van der Waals surface area contributed by atoms with Crippen molar-refractivity contribution in [2.45, 2.75) is 31.8 Å². The average Bonchev–Trinajstić information content (AvgIpc) is 2.94. The highest BCUT2D eigenvalue weighted by Gasteiger charge is 2.31. The summed E-state index contributed by atoms with van der Waals surface area (Å²) >= 11 is 6.19. The number of benzene rings is 2. The van der Waals surface area contributed by atoms with Crippen LogP contribution in [-0.2, 0) is 4.79 Å². The molecule has 3 rings (SSSR count). The van der Waals surface area contributed by atoms with Gasteiger partial charge < -0.3 is 19.9 Å². The lowest BCUT2D eigenvalue weighted by Crippen LogP contribution is -2.40. The third-order valence-electron chi connectivity index (χ3n) is 5.40. The molecule has 1 atom stereocenters. The Morgan fingerprint density at radius 1 is 1.16 bits per heavy atom. The molecule has 0 spiro atoms. The number of para-hydroxylation sites is 1. The third kappa shape index (κ3) is 7.73. The lowest BCUT2D eigenvalue weighted by atomic mass is 9.96. The van der Waals surface area contributed by atoms with Gasteiger partial charge in [0.2, 0.25) is 5.91 Å². The van der Waals surface area contributed by atoms with E-state index in [4.69, 9.17) is 21.1 Å². The smallest absolute Gasteiger partial charge is 0.234 e. The Balaban J connectivity index is 1.38. The Morgan fingerprint density at radius 2 is 1.97 bits per heavy atom. The van der Waals surface area contributed by atoms with E-state index in [1.165, 1.54) is 0 Å². The molecule has 1 amide bonds. The highest BCUT2D eigenvalue weighted by atomic mass is 35.5. The van der Waals surface area contributed by atoms with Gasteiger partial charge in [0.15, 0.2) is 0 Å². The van der Waals surface area contributed by atoms with Crippen LogP contribution in [0.2, 0.25) is 5.02 Å². The first-order chi connectivity index (χ1) is 14.9. The van der Waals surface area contributed by atoms with Crippen molar-refractivity contribution in [2.75, 3.05) is 39.4 Å².